The lowest BCUT2D eigenvalue weighted by molar-refractivity contribution is 0.0601. The Morgan fingerprint density at radius 2 is 1.66 bits per heavy atom. The molecule has 0 amide bonds. The lowest BCUT2D eigenvalue weighted by Crippen LogP contribution is -2.06. The molecule has 0 aliphatic carbocycles. The molecule has 0 saturated carbocycles. The number of carbonyl (C=O) groups excluding carboxylic acids is 2. The van der Waals surface area contributed by atoms with Crippen molar-refractivity contribution in [3.8, 4) is 11.3 Å². The largest absolute Gasteiger partial charge is 0.465 e. The maximum Gasteiger partial charge on any atom is 0.341 e. The maximum atomic E-state index is 14.0. The van der Waals surface area contributed by atoms with E-state index in [1.54, 1.807) is 12.1 Å². The molecule has 35 heavy (non-hydrogen) atoms. The number of furan rings is 1. The van der Waals surface area contributed by atoms with Gasteiger partial charge in [-0.3, -0.25) is 4.79 Å². The predicted octanol–water partition coefficient (Wildman–Crippen LogP) is 6.85. The number of benzene rings is 4. The van der Waals surface area contributed by atoms with Gasteiger partial charge >= 0.3 is 5.97 Å². The zero-order valence-corrected chi connectivity index (χ0v) is 19.0. The molecule has 0 unspecified atom stereocenters. The van der Waals surface area contributed by atoms with Gasteiger partial charge in [-0.2, -0.15) is 0 Å². The van der Waals surface area contributed by atoms with Gasteiger partial charge in [-0.15, -0.1) is 0 Å². The molecule has 1 heterocycles. The molecule has 4 aromatic carbocycles. The van der Waals surface area contributed by atoms with E-state index in [0.717, 1.165) is 21.9 Å². The van der Waals surface area contributed by atoms with Gasteiger partial charge in [0.25, 0.3) is 0 Å². The van der Waals surface area contributed by atoms with E-state index in [1.807, 2.05) is 54.6 Å². The van der Waals surface area contributed by atoms with Crippen molar-refractivity contribution >= 4 is 22.5 Å². The number of carbonyl (C=O) groups is 2. The number of hydrogen-bond donors (Lipinski definition) is 0. The van der Waals surface area contributed by atoms with Crippen molar-refractivity contribution in [1.82, 2.24) is 0 Å². The van der Waals surface area contributed by atoms with Crippen LogP contribution in [0.3, 0.4) is 0 Å². The Bertz CT molecular complexity index is 1550. The minimum Gasteiger partial charge on any atom is -0.465 e. The van der Waals surface area contributed by atoms with E-state index in [0.29, 0.717) is 23.3 Å². The Balaban J connectivity index is 1.75. The van der Waals surface area contributed by atoms with Crippen LogP contribution < -0.4 is 0 Å². The third kappa shape index (κ3) is 4.36. The zero-order chi connectivity index (χ0) is 24.4. The van der Waals surface area contributed by atoms with Crippen molar-refractivity contribution in [2.24, 2.45) is 0 Å². The van der Waals surface area contributed by atoms with Crippen LogP contribution in [0.15, 0.2) is 102 Å². The number of rotatable bonds is 6. The number of methoxy groups -OCH3 is 1. The highest BCUT2D eigenvalue weighted by Crippen LogP contribution is 2.34. The maximum absolute atomic E-state index is 14.0. The van der Waals surface area contributed by atoms with Gasteiger partial charge in [-0.25, -0.2) is 9.18 Å². The molecule has 172 valence electrons. The van der Waals surface area contributed by atoms with Gasteiger partial charge in [-0.05, 0) is 58.7 Å². The van der Waals surface area contributed by atoms with Crippen molar-refractivity contribution in [2.75, 3.05) is 7.11 Å². The summed E-state index contributed by atoms with van der Waals surface area (Å²) >= 11 is 0. The van der Waals surface area contributed by atoms with Crippen LogP contribution in [-0.2, 0) is 11.2 Å². The molecule has 0 aliphatic heterocycles. The predicted molar refractivity (Wildman–Crippen MR) is 132 cm³/mol. The second kappa shape index (κ2) is 9.39. The second-order valence-electron chi connectivity index (χ2n) is 8.20. The molecule has 0 radical (unpaired) electrons. The van der Waals surface area contributed by atoms with E-state index >= 15 is 0 Å². The highest BCUT2D eigenvalue weighted by atomic mass is 19.1. The van der Waals surface area contributed by atoms with Gasteiger partial charge in [0.2, 0.25) is 0 Å². The van der Waals surface area contributed by atoms with Gasteiger partial charge in [0, 0.05) is 16.7 Å². The van der Waals surface area contributed by atoms with Crippen molar-refractivity contribution in [1.29, 1.82) is 0 Å². The summed E-state index contributed by atoms with van der Waals surface area (Å²) in [6.07, 6.45) is 2.03. The fraction of sp³-hybridized carbons (Fsp3) is 0.0667. The number of ether oxygens (including phenoxy) is 1. The summed E-state index contributed by atoms with van der Waals surface area (Å²) in [4.78, 5) is 26.0. The molecule has 0 bridgehead atoms. The topological polar surface area (TPSA) is 56.5 Å². The molecule has 0 aliphatic rings. The fourth-order valence-corrected chi connectivity index (χ4v) is 4.37. The summed E-state index contributed by atoms with van der Waals surface area (Å²) in [6, 6.07) is 26.6. The monoisotopic (exact) mass is 464 g/mol. The van der Waals surface area contributed by atoms with E-state index in [1.165, 1.54) is 37.6 Å². The van der Waals surface area contributed by atoms with E-state index < -0.39 is 11.8 Å². The van der Waals surface area contributed by atoms with Crippen LogP contribution in [0.1, 0.15) is 37.4 Å². The van der Waals surface area contributed by atoms with Gasteiger partial charge in [0.1, 0.15) is 17.1 Å². The van der Waals surface area contributed by atoms with Crippen LogP contribution in [-0.4, -0.2) is 18.9 Å². The van der Waals surface area contributed by atoms with E-state index in [9.17, 15) is 14.0 Å². The molecule has 5 heteroatoms. The molecule has 0 saturated heterocycles. The average Bonchev–Trinajstić information content (AvgIpc) is 3.38. The number of hydrogen-bond acceptors (Lipinski definition) is 4. The molecule has 0 N–H and O–H groups in total. The first kappa shape index (κ1) is 22.3. The Kier molecular flexibility index (Phi) is 5.98. The van der Waals surface area contributed by atoms with Crippen LogP contribution in [0, 0.1) is 5.82 Å². The van der Waals surface area contributed by atoms with Crippen LogP contribution in [0.4, 0.5) is 4.39 Å². The average molecular weight is 464 g/mol. The van der Waals surface area contributed by atoms with Crippen molar-refractivity contribution in [2.45, 2.75) is 6.42 Å². The number of ketones is 1. The fourth-order valence-electron chi connectivity index (χ4n) is 4.37. The van der Waals surface area contributed by atoms with Gasteiger partial charge < -0.3 is 9.15 Å². The second-order valence-corrected chi connectivity index (χ2v) is 8.20. The van der Waals surface area contributed by atoms with Gasteiger partial charge in [0.05, 0.1) is 13.4 Å². The Hall–Kier alpha value is -4.51. The number of halogens is 1. The Morgan fingerprint density at radius 1 is 0.857 bits per heavy atom. The summed E-state index contributed by atoms with van der Waals surface area (Å²) in [5, 5.41) is 1.59. The standard InChI is InChI=1S/C30H21FO4/c1-34-30(33)25-13-14-35-29(25)23-16-21-10-5-9-20(15-19-7-3-2-4-8-19)27(21)26(18-23)28(32)22-11-6-12-24(31)17-22/h2-14,16-18H,15H2,1H3. The van der Waals surface area contributed by atoms with Gasteiger partial charge in [-0.1, -0.05) is 60.7 Å². The molecule has 1 aromatic heterocycles. The first-order valence-electron chi connectivity index (χ1n) is 11.1. The summed E-state index contributed by atoms with van der Waals surface area (Å²) in [5.74, 6) is -1.03. The van der Waals surface area contributed by atoms with Crippen LogP contribution >= 0.6 is 0 Å². The van der Waals surface area contributed by atoms with Crippen molar-refractivity contribution in [3.05, 3.63) is 131 Å². The quantitative estimate of drug-likeness (QED) is 0.204. The van der Waals surface area contributed by atoms with Crippen molar-refractivity contribution < 1.29 is 23.1 Å². The smallest absolute Gasteiger partial charge is 0.341 e. The normalized spacial score (nSPS) is 10.9. The molecule has 0 fully saturated rings. The summed E-state index contributed by atoms with van der Waals surface area (Å²) in [5.41, 5.74) is 3.53. The summed E-state index contributed by atoms with van der Waals surface area (Å²) in [6.45, 7) is 0. The Labute approximate surface area is 201 Å². The first-order valence-corrected chi connectivity index (χ1v) is 11.1. The molecule has 5 rings (SSSR count). The molecule has 5 aromatic rings. The van der Waals surface area contributed by atoms with Crippen LogP contribution in [0.2, 0.25) is 0 Å². The number of esters is 1. The SMILES string of the molecule is COC(=O)c1ccoc1-c1cc(C(=O)c2cccc(F)c2)c2c(Cc3ccccc3)cccc2c1. The minimum atomic E-state index is -0.537. The first-order chi connectivity index (χ1) is 17.0. The molecule has 4 nitrogen and oxygen atoms in total. The van der Waals surface area contributed by atoms with E-state index in [2.05, 4.69) is 0 Å². The lowest BCUT2D eigenvalue weighted by atomic mass is 9.89. The van der Waals surface area contributed by atoms with Crippen LogP contribution in [0.25, 0.3) is 22.1 Å². The zero-order valence-electron chi connectivity index (χ0n) is 19.0. The third-order valence-electron chi connectivity index (χ3n) is 5.96. The highest BCUT2D eigenvalue weighted by molar-refractivity contribution is 6.18. The van der Waals surface area contributed by atoms with E-state index in [-0.39, 0.29) is 16.9 Å². The Morgan fingerprint density at radius 3 is 2.43 bits per heavy atom. The third-order valence-corrected chi connectivity index (χ3v) is 5.96. The molecular formula is C30H21FO4. The van der Waals surface area contributed by atoms with Crippen molar-refractivity contribution in [3.63, 3.8) is 0 Å². The van der Waals surface area contributed by atoms with Crippen LogP contribution in [0.5, 0.6) is 0 Å². The number of fused-ring (bicyclic) bond motifs is 1. The highest BCUT2D eigenvalue weighted by Gasteiger charge is 2.22. The molecule has 0 atom stereocenters. The lowest BCUT2D eigenvalue weighted by Gasteiger charge is -2.14. The molecular weight excluding hydrogens is 443 g/mol. The molecule has 0 spiro atoms. The summed E-state index contributed by atoms with van der Waals surface area (Å²) in [7, 11) is 1.30. The minimum absolute atomic E-state index is 0.241. The van der Waals surface area contributed by atoms with Gasteiger partial charge in [0.15, 0.2) is 5.78 Å². The van der Waals surface area contributed by atoms with E-state index in [4.69, 9.17) is 9.15 Å². The summed E-state index contributed by atoms with van der Waals surface area (Å²) < 4.78 is 24.5.